The van der Waals surface area contributed by atoms with Crippen LogP contribution in [-0.2, 0) is 6.42 Å². The first-order valence-corrected chi connectivity index (χ1v) is 7.64. The molecule has 0 saturated carbocycles. The van der Waals surface area contributed by atoms with Crippen molar-refractivity contribution in [3.63, 3.8) is 0 Å². The SMILES string of the molecule is CC1(C)CC(=O)c2c(-c3ccccc3)nc3cccn3c2C1. The molecule has 3 heteroatoms. The molecule has 0 atom stereocenters. The molecular formula is C19H18N2O. The first-order chi connectivity index (χ1) is 10.6. The summed E-state index contributed by atoms with van der Waals surface area (Å²) in [5.74, 6) is 0.202. The first-order valence-electron chi connectivity index (χ1n) is 7.64. The van der Waals surface area contributed by atoms with E-state index >= 15 is 0 Å². The van der Waals surface area contributed by atoms with Gasteiger partial charge in [-0.05, 0) is 24.0 Å². The Kier molecular flexibility index (Phi) is 2.73. The Morgan fingerprint density at radius 1 is 1.05 bits per heavy atom. The molecule has 4 rings (SSSR count). The standard InChI is InChI=1S/C19H18N2O/c1-19(2)11-14-17(15(22)12-19)18(13-7-4-3-5-8-13)20-16-9-6-10-21(14)16/h3-10H,11-12H2,1-2H3. The van der Waals surface area contributed by atoms with E-state index in [0.29, 0.717) is 6.42 Å². The number of aromatic nitrogens is 2. The Hall–Kier alpha value is -2.42. The number of rotatable bonds is 1. The van der Waals surface area contributed by atoms with Crippen LogP contribution in [0.15, 0.2) is 48.7 Å². The number of Topliss-reactive ketones (excluding diaryl/α,β-unsaturated/α-hetero) is 1. The number of nitrogens with zero attached hydrogens (tertiary/aromatic N) is 2. The lowest BCUT2D eigenvalue weighted by Crippen LogP contribution is -2.29. The third-order valence-electron chi connectivity index (χ3n) is 4.38. The Labute approximate surface area is 129 Å². The fourth-order valence-corrected chi connectivity index (χ4v) is 3.43. The van der Waals surface area contributed by atoms with Crippen molar-refractivity contribution in [2.24, 2.45) is 5.41 Å². The van der Waals surface area contributed by atoms with Crippen molar-refractivity contribution in [2.75, 3.05) is 0 Å². The molecule has 3 nitrogen and oxygen atoms in total. The molecule has 3 aromatic rings. The third kappa shape index (κ3) is 1.97. The predicted octanol–water partition coefficient (Wildman–Crippen LogP) is 4.16. The molecule has 0 radical (unpaired) electrons. The fourth-order valence-electron chi connectivity index (χ4n) is 3.43. The van der Waals surface area contributed by atoms with Gasteiger partial charge in [-0.3, -0.25) is 4.79 Å². The number of hydrogen-bond acceptors (Lipinski definition) is 2. The van der Waals surface area contributed by atoms with Crippen molar-refractivity contribution in [2.45, 2.75) is 26.7 Å². The van der Waals surface area contributed by atoms with Crippen molar-refractivity contribution in [1.29, 1.82) is 0 Å². The molecule has 0 fully saturated rings. The zero-order chi connectivity index (χ0) is 15.3. The zero-order valence-corrected chi connectivity index (χ0v) is 12.8. The summed E-state index contributed by atoms with van der Waals surface area (Å²) >= 11 is 0. The summed E-state index contributed by atoms with van der Waals surface area (Å²) in [4.78, 5) is 17.6. The van der Waals surface area contributed by atoms with Gasteiger partial charge in [-0.2, -0.15) is 0 Å². The van der Waals surface area contributed by atoms with E-state index in [1.54, 1.807) is 0 Å². The van der Waals surface area contributed by atoms with Gasteiger partial charge in [0.2, 0.25) is 0 Å². The quantitative estimate of drug-likeness (QED) is 0.674. The van der Waals surface area contributed by atoms with E-state index in [1.165, 1.54) is 0 Å². The van der Waals surface area contributed by atoms with Gasteiger partial charge in [0.1, 0.15) is 5.65 Å². The summed E-state index contributed by atoms with van der Waals surface area (Å²) in [5, 5.41) is 0. The second-order valence-corrected chi connectivity index (χ2v) is 6.83. The molecule has 0 unspecified atom stereocenters. The summed E-state index contributed by atoms with van der Waals surface area (Å²) in [5.41, 5.74) is 4.63. The van der Waals surface area contributed by atoms with Crippen LogP contribution in [0.3, 0.4) is 0 Å². The van der Waals surface area contributed by atoms with Gasteiger partial charge in [0, 0.05) is 23.9 Å². The van der Waals surface area contributed by atoms with Crippen LogP contribution in [0.25, 0.3) is 16.9 Å². The topological polar surface area (TPSA) is 34.4 Å². The fraction of sp³-hybridized carbons (Fsp3) is 0.263. The molecule has 2 aromatic heterocycles. The lowest BCUT2D eigenvalue weighted by molar-refractivity contribution is 0.0910. The van der Waals surface area contributed by atoms with Crippen molar-refractivity contribution in [3.8, 4) is 11.3 Å². The van der Waals surface area contributed by atoms with Crippen LogP contribution in [0.5, 0.6) is 0 Å². The molecule has 0 aliphatic heterocycles. The monoisotopic (exact) mass is 290 g/mol. The maximum atomic E-state index is 12.8. The number of carbonyl (C=O) groups excluding carboxylic acids is 1. The minimum atomic E-state index is -0.00338. The third-order valence-corrected chi connectivity index (χ3v) is 4.38. The molecule has 0 N–H and O–H groups in total. The maximum absolute atomic E-state index is 12.8. The lowest BCUT2D eigenvalue weighted by Gasteiger charge is -2.31. The van der Waals surface area contributed by atoms with Crippen molar-refractivity contribution < 1.29 is 4.79 Å². The van der Waals surface area contributed by atoms with E-state index in [4.69, 9.17) is 4.98 Å². The summed E-state index contributed by atoms with van der Waals surface area (Å²) in [6, 6.07) is 14.0. The van der Waals surface area contributed by atoms with Crippen LogP contribution in [0.4, 0.5) is 0 Å². The second-order valence-electron chi connectivity index (χ2n) is 6.83. The molecule has 1 aliphatic rings. The normalized spacial score (nSPS) is 16.7. The predicted molar refractivity (Wildman–Crippen MR) is 87.1 cm³/mol. The van der Waals surface area contributed by atoms with E-state index in [1.807, 2.05) is 48.7 Å². The highest BCUT2D eigenvalue weighted by atomic mass is 16.1. The van der Waals surface area contributed by atoms with E-state index < -0.39 is 0 Å². The number of hydrogen-bond donors (Lipinski definition) is 0. The minimum Gasteiger partial charge on any atom is -0.305 e. The van der Waals surface area contributed by atoms with Crippen molar-refractivity contribution in [3.05, 3.63) is 59.9 Å². The van der Waals surface area contributed by atoms with Crippen molar-refractivity contribution in [1.82, 2.24) is 9.38 Å². The molecular weight excluding hydrogens is 272 g/mol. The number of fused-ring (bicyclic) bond motifs is 3. The highest BCUT2D eigenvalue weighted by Crippen LogP contribution is 2.38. The summed E-state index contributed by atoms with van der Waals surface area (Å²) < 4.78 is 2.07. The van der Waals surface area contributed by atoms with Gasteiger partial charge in [0.25, 0.3) is 0 Å². The number of carbonyl (C=O) groups is 1. The smallest absolute Gasteiger partial charge is 0.167 e. The largest absolute Gasteiger partial charge is 0.305 e. The summed E-state index contributed by atoms with van der Waals surface area (Å²) in [6.07, 6.45) is 3.47. The Morgan fingerprint density at radius 3 is 2.59 bits per heavy atom. The second kappa shape index (κ2) is 4.54. The average Bonchev–Trinajstić information content (AvgIpc) is 2.94. The van der Waals surface area contributed by atoms with Crippen LogP contribution in [0.1, 0.15) is 36.3 Å². The van der Waals surface area contributed by atoms with E-state index in [-0.39, 0.29) is 11.2 Å². The van der Waals surface area contributed by atoms with Crippen LogP contribution in [0.2, 0.25) is 0 Å². The molecule has 1 aliphatic carbocycles. The molecule has 0 amide bonds. The Balaban J connectivity index is 2.07. The van der Waals surface area contributed by atoms with Gasteiger partial charge >= 0.3 is 0 Å². The first kappa shape index (κ1) is 13.3. The maximum Gasteiger partial charge on any atom is 0.167 e. The average molecular weight is 290 g/mol. The Morgan fingerprint density at radius 2 is 1.82 bits per heavy atom. The van der Waals surface area contributed by atoms with Crippen LogP contribution >= 0.6 is 0 Å². The van der Waals surface area contributed by atoms with Crippen LogP contribution in [-0.4, -0.2) is 15.2 Å². The minimum absolute atomic E-state index is 0.00338. The molecule has 0 spiro atoms. The van der Waals surface area contributed by atoms with Gasteiger partial charge in [0.05, 0.1) is 11.3 Å². The molecule has 0 saturated heterocycles. The number of benzene rings is 1. The highest BCUT2D eigenvalue weighted by molar-refractivity contribution is 6.04. The molecule has 2 heterocycles. The highest BCUT2D eigenvalue weighted by Gasteiger charge is 2.35. The molecule has 1 aromatic carbocycles. The van der Waals surface area contributed by atoms with Crippen molar-refractivity contribution >= 4 is 11.4 Å². The molecule has 0 bridgehead atoms. The van der Waals surface area contributed by atoms with Gasteiger partial charge in [-0.1, -0.05) is 44.2 Å². The zero-order valence-electron chi connectivity index (χ0n) is 12.8. The van der Waals surface area contributed by atoms with Gasteiger partial charge in [0.15, 0.2) is 5.78 Å². The molecule has 22 heavy (non-hydrogen) atoms. The van der Waals surface area contributed by atoms with Crippen LogP contribution in [0, 0.1) is 5.41 Å². The van der Waals surface area contributed by atoms with Gasteiger partial charge < -0.3 is 4.40 Å². The van der Waals surface area contributed by atoms with Gasteiger partial charge in [-0.15, -0.1) is 0 Å². The van der Waals surface area contributed by atoms with E-state index in [9.17, 15) is 4.79 Å². The Bertz CT molecular complexity index is 875. The summed E-state index contributed by atoms with van der Waals surface area (Å²) in [7, 11) is 0. The van der Waals surface area contributed by atoms with Crippen LogP contribution < -0.4 is 0 Å². The lowest BCUT2D eigenvalue weighted by atomic mass is 9.74. The van der Waals surface area contributed by atoms with Gasteiger partial charge in [-0.25, -0.2) is 4.98 Å². The number of ketones is 1. The van der Waals surface area contributed by atoms with E-state index in [2.05, 4.69) is 18.2 Å². The molecule has 110 valence electrons. The summed E-state index contributed by atoms with van der Waals surface area (Å²) in [6.45, 7) is 4.32. The van der Waals surface area contributed by atoms with E-state index in [0.717, 1.165) is 34.6 Å².